The van der Waals surface area contributed by atoms with Gasteiger partial charge in [0.2, 0.25) is 4.77 Å². The van der Waals surface area contributed by atoms with Gasteiger partial charge in [0, 0.05) is 12.2 Å². The largest absolute Gasteiger partial charge is 0.478 e. The molecule has 3 rings (SSSR count). The zero-order chi connectivity index (χ0) is 15.5. The van der Waals surface area contributed by atoms with E-state index in [1.807, 2.05) is 0 Å². The van der Waals surface area contributed by atoms with Gasteiger partial charge in [-0.1, -0.05) is 18.2 Å². The van der Waals surface area contributed by atoms with Crippen molar-refractivity contribution in [1.29, 1.82) is 0 Å². The maximum absolute atomic E-state index is 11.2. The molecule has 1 aliphatic heterocycles. The van der Waals surface area contributed by atoms with Crippen LogP contribution in [0.15, 0.2) is 29.4 Å². The van der Waals surface area contributed by atoms with E-state index in [-0.39, 0.29) is 11.7 Å². The molecule has 1 saturated heterocycles. The number of carboxylic acids is 1. The predicted molar refractivity (Wildman–Crippen MR) is 81.7 cm³/mol. The first-order valence-electron chi connectivity index (χ1n) is 6.82. The minimum atomic E-state index is -1.00. The number of hydrogen-bond donors (Lipinski definition) is 2. The number of aromatic carboxylic acids is 1. The molecular weight excluding hydrogens is 304 g/mol. The topological polar surface area (TPSA) is 92.5 Å². The summed E-state index contributed by atoms with van der Waals surface area (Å²) < 4.78 is 7.41. The second kappa shape index (κ2) is 6.20. The van der Waals surface area contributed by atoms with Crippen LogP contribution < -0.4 is 0 Å². The molecule has 0 aliphatic carbocycles. The molecule has 0 saturated carbocycles. The predicted octanol–water partition coefficient (Wildman–Crippen LogP) is 2.37. The molecule has 1 unspecified atom stereocenters. The number of nitrogens with one attached hydrogen (secondary N) is 1. The Kier molecular flexibility index (Phi) is 4.12. The average molecular weight is 318 g/mol. The number of carboxylic acid groups (broad SMARTS) is 1. The normalized spacial score (nSPS) is 18.1. The molecule has 1 atom stereocenters. The Morgan fingerprint density at radius 2 is 2.36 bits per heavy atom. The van der Waals surface area contributed by atoms with Crippen LogP contribution in [0, 0.1) is 4.77 Å². The fraction of sp³-hybridized carbons (Fsp3) is 0.286. The number of ether oxygens (including phenoxy) is 1. The smallest absolute Gasteiger partial charge is 0.336 e. The number of nitrogens with zero attached hydrogens (tertiary/aromatic N) is 3. The summed E-state index contributed by atoms with van der Waals surface area (Å²) in [4.78, 5) is 11.2. The SMILES string of the molecule is O=C(O)c1ccccc1/C=N\n1c(C2CCCO2)n[nH]c1=S. The van der Waals surface area contributed by atoms with Crippen molar-refractivity contribution < 1.29 is 14.6 Å². The highest BCUT2D eigenvalue weighted by molar-refractivity contribution is 7.71. The van der Waals surface area contributed by atoms with E-state index in [4.69, 9.17) is 17.0 Å². The van der Waals surface area contributed by atoms with E-state index in [0.717, 1.165) is 12.8 Å². The molecule has 22 heavy (non-hydrogen) atoms. The van der Waals surface area contributed by atoms with Gasteiger partial charge in [-0.05, 0) is 31.1 Å². The summed E-state index contributed by atoms with van der Waals surface area (Å²) in [5.74, 6) is -0.399. The third-order valence-electron chi connectivity index (χ3n) is 3.40. The standard InChI is InChI=1S/C14H14N4O3S/c19-13(20)10-5-2-1-4-9(10)8-15-18-12(16-17-14(18)22)11-6-3-7-21-11/h1-2,4-5,8,11H,3,6-7H2,(H,17,22)(H,19,20)/b15-8-. The van der Waals surface area contributed by atoms with E-state index in [1.165, 1.54) is 17.0 Å². The first-order valence-corrected chi connectivity index (χ1v) is 7.23. The zero-order valence-electron chi connectivity index (χ0n) is 11.6. The fourth-order valence-electron chi connectivity index (χ4n) is 2.33. The second-order valence-electron chi connectivity index (χ2n) is 4.84. The van der Waals surface area contributed by atoms with E-state index in [1.54, 1.807) is 18.2 Å². The number of carbonyl (C=O) groups is 1. The van der Waals surface area contributed by atoms with Crippen molar-refractivity contribution in [1.82, 2.24) is 14.9 Å². The van der Waals surface area contributed by atoms with E-state index >= 15 is 0 Å². The van der Waals surface area contributed by atoms with Gasteiger partial charge in [-0.3, -0.25) is 5.10 Å². The van der Waals surface area contributed by atoms with Gasteiger partial charge >= 0.3 is 5.97 Å². The van der Waals surface area contributed by atoms with E-state index in [9.17, 15) is 9.90 Å². The third kappa shape index (κ3) is 2.83. The molecule has 8 heteroatoms. The minimum Gasteiger partial charge on any atom is -0.478 e. The Labute approximate surface area is 131 Å². The number of hydrogen-bond acceptors (Lipinski definition) is 5. The molecular formula is C14H14N4O3S. The van der Waals surface area contributed by atoms with Crippen LogP contribution in [-0.4, -0.2) is 38.8 Å². The number of aromatic nitrogens is 3. The number of aromatic amines is 1. The Morgan fingerprint density at radius 3 is 3.09 bits per heavy atom. The van der Waals surface area contributed by atoms with Crippen LogP contribution in [0.3, 0.4) is 0 Å². The van der Waals surface area contributed by atoms with E-state index in [0.29, 0.717) is 22.8 Å². The lowest BCUT2D eigenvalue weighted by Crippen LogP contribution is -2.06. The molecule has 114 valence electrons. The highest BCUT2D eigenvalue weighted by atomic mass is 32.1. The summed E-state index contributed by atoms with van der Waals surface area (Å²) in [5, 5.41) is 20.3. The van der Waals surface area contributed by atoms with Gasteiger partial charge in [0.1, 0.15) is 6.10 Å². The van der Waals surface area contributed by atoms with Crippen LogP contribution in [0.1, 0.15) is 40.7 Å². The quantitative estimate of drug-likeness (QED) is 0.667. The maximum atomic E-state index is 11.2. The van der Waals surface area contributed by atoms with Gasteiger partial charge in [-0.25, -0.2) is 4.79 Å². The fourth-order valence-corrected chi connectivity index (χ4v) is 2.52. The van der Waals surface area contributed by atoms with Gasteiger partial charge in [0.15, 0.2) is 5.82 Å². The highest BCUT2D eigenvalue weighted by Gasteiger charge is 2.23. The number of H-pyrrole nitrogens is 1. The van der Waals surface area contributed by atoms with Crippen LogP contribution in [0.5, 0.6) is 0 Å². The summed E-state index contributed by atoms with van der Waals surface area (Å²) in [6.07, 6.45) is 3.16. The first-order chi connectivity index (χ1) is 10.7. The number of rotatable bonds is 4. The monoisotopic (exact) mass is 318 g/mol. The van der Waals surface area contributed by atoms with Crippen molar-refractivity contribution in [2.75, 3.05) is 6.61 Å². The summed E-state index contributed by atoms with van der Waals surface area (Å²) in [7, 11) is 0. The zero-order valence-corrected chi connectivity index (χ0v) is 12.4. The summed E-state index contributed by atoms with van der Waals surface area (Å²) >= 11 is 5.17. The highest BCUT2D eigenvalue weighted by Crippen LogP contribution is 2.26. The van der Waals surface area contributed by atoms with Crippen molar-refractivity contribution in [3.63, 3.8) is 0 Å². The van der Waals surface area contributed by atoms with Crippen LogP contribution in [-0.2, 0) is 4.74 Å². The third-order valence-corrected chi connectivity index (χ3v) is 3.66. The van der Waals surface area contributed by atoms with Gasteiger partial charge in [0.25, 0.3) is 0 Å². The Bertz CT molecular complexity index is 774. The van der Waals surface area contributed by atoms with E-state index in [2.05, 4.69) is 15.3 Å². The van der Waals surface area contributed by atoms with E-state index < -0.39 is 5.97 Å². The van der Waals surface area contributed by atoms with Crippen molar-refractivity contribution in [3.8, 4) is 0 Å². The molecule has 2 heterocycles. The second-order valence-corrected chi connectivity index (χ2v) is 5.22. The van der Waals surface area contributed by atoms with Gasteiger partial charge in [-0.2, -0.15) is 14.9 Å². The minimum absolute atomic E-state index is 0.139. The maximum Gasteiger partial charge on any atom is 0.336 e. The first kappa shape index (κ1) is 14.6. The molecule has 2 aromatic rings. The van der Waals surface area contributed by atoms with Crippen molar-refractivity contribution in [3.05, 3.63) is 46.0 Å². The Balaban J connectivity index is 1.95. The van der Waals surface area contributed by atoms with Crippen molar-refractivity contribution in [2.45, 2.75) is 18.9 Å². The average Bonchev–Trinajstić information content (AvgIpc) is 3.15. The van der Waals surface area contributed by atoms with Crippen molar-refractivity contribution >= 4 is 24.4 Å². The molecule has 1 aromatic heterocycles. The lowest BCUT2D eigenvalue weighted by atomic mass is 10.1. The van der Waals surface area contributed by atoms with Crippen molar-refractivity contribution in [2.24, 2.45) is 5.10 Å². The molecule has 0 spiro atoms. The molecule has 7 nitrogen and oxygen atoms in total. The van der Waals surface area contributed by atoms with Crippen LogP contribution in [0.2, 0.25) is 0 Å². The molecule has 0 bridgehead atoms. The molecule has 0 amide bonds. The summed E-state index contributed by atoms with van der Waals surface area (Å²) in [5.41, 5.74) is 0.677. The van der Waals surface area contributed by atoms with Crippen LogP contribution in [0.25, 0.3) is 0 Å². The molecule has 1 aliphatic rings. The number of benzene rings is 1. The molecule has 1 aromatic carbocycles. The molecule has 2 N–H and O–H groups in total. The van der Waals surface area contributed by atoms with Gasteiger partial charge in [0.05, 0.1) is 11.8 Å². The summed E-state index contributed by atoms with van der Waals surface area (Å²) in [6.45, 7) is 0.690. The Morgan fingerprint density at radius 1 is 1.55 bits per heavy atom. The van der Waals surface area contributed by atoms with Crippen LogP contribution >= 0.6 is 12.2 Å². The van der Waals surface area contributed by atoms with Gasteiger partial charge in [-0.15, -0.1) is 0 Å². The molecule has 1 fully saturated rings. The molecule has 0 radical (unpaired) electrons. The lowest BCUT2D eigenvalue weighted by molar-refractivity contribution is 0.0696. The van der Waals surface area contributed by atoms with Crippen LogP contribution in [0.4, 0.5) is 0 Å². The Hall–Kier alpha value is -2.32. The summed E-state index contributed by atoms with van der Waals surface area (Å²) in [6, 6.07) is 6.63. The van der Waals surface area contributed by atoms with Gasteiger partial charge < -0.3 is 9.84 Å². The lowest BCUT2D eigenvalue weighted by Gasteiger charge is -2.07.